The van der Waals surface area contributed by atoms with Crippen LogP contribution in [-0.4, -0.2) is 16.1 Å². The number of hydrogen-bond acceptors (Lipinski definition) is 2. The maximum Gasteiger partial charge on any atom is 0.110 e. The molecule has 3 heteroatoms. The van der Waals surface area contributed by atoms with Crippen molar-refractivity contribution in [3.05, 3.63) is 47.0 Å². The van der Waals surface area contributed by atoms with Gasteiger partial charge in [-0.15, -0.1) is 0 Å². The first-order valence-electron chi connectivity index (χ1n) is 5.94. The van der Waals surface area contributed by atoms with Gasteiger partial charge in [0.25, 0.3) is 0 Å². The van der Waals surface area contributed by atoms with Gasteiger partial charge in [0.2, 0.25) is 0 Å². The van der Waals surface area contributed by atoms with Gasteiger partial charge in [0.1, 0.15) is 5.82 Å². The van der Waals surface area contributed by atoms with Crippen molar-refractivity contribution in [1.82, 2.24) is 9.55 Å². The summed E-state index contributed by atoms with van der Waals surface area (Å²) in [5.74, 6) is 1.01. The Bertz CT molecular complexity index is 506. The fourth-order valence-electron chi connectivity index (χ4n) is 2.15. The Morgan fingerprint density at radius 3 is 2.35 bits per heavy atom. The summed E-state index contributed by atoms with van der Waals surface area (Å²) in [7, 11) is 0. The molecule has 1 heterocycles. The molecule has 0 saturated carbocycles. The lowest BCUT2D eigenvalue weighted by atomic mass is 10.1. The minimum atomic E-state index is 0.642. The van der Waals surface area contributed by atoms with Gasteiger partial charge in [0.15, 0.2) is 0 Å². The van der Waals surface area contributed by atoms with Crippen molar-refractivity contribution >= 4 is 0 Å². The number of imidazole rings is 1. The highest BCUT2D eigenvalue weighted by Gasteiger charge is 2.06. The molecule has 0 radical (unpaired) electrons. The molecule has 0 saturated heterocycles. The Labute approximate surface area is 102 Å². The first kappa shape index (κ1) is 11.9. The van der Waals surface area contributed by atoms with Crippen molar-refractivity contribution in [3.63, 3.8) is 0 Å². The van der Waals surface area contributed by atoms with Gasteiger partial charge in [-0.2, -0.15) is 0 Å². The van der Waals surface area contributed by atoms with Gasteiger partial charge in [0, 0.05) is 18.3 Å². The van der Waals surface area contributed by atoms with Gasteiger partial charge >= 0.3 is 0 Å². The molecule has 2 rings (SSSR count). The number of nitrogens with two attached hydrogens (primary N) is 1. The third-order valence-corrected chi connectivity index (χ3v) is 2.82. The van der Waals surface area contributed by atoms with Crippen LogP contribution in [0.5, 0.6) is 0 Å². The third kappa shape index (κ3) is 2.56. The van der Waals surface area contributed by atoms with Gasteiger partial charge in [-0.05, 0) is 50.6 Å². The highest BCUT2D eigenvalue weighted by atomic mass is 15.1. The van der Waals surface area contributed by atoms with Crippen molar-refractivity contribution in [3.8, 4) is 5.69 Å². The second kappa shape index (κ2) is 4.72. The number of hydrogen-bond donors (Lipinski definition) is 1. The molecule has 0 spiro atoms. The van der Waals surface area contributed by atoms with E-state index in [9.17, 15) is 0 Å². The van der Waals surface area contributed by atoms with E-state index in [1.54, 1.807) is 0 Å². The first-order valence-corrected chi connectivity index (χ1v) is 5.94. The molecular formula is C14H19N3. The number of aryl methyl sites for hydroxylation is 3. The minimum Gasteiger partial charge on any atom is -0.330 e. The van der Waals surface area contributed by atoms with Crippen LogP contribution in [0.4, 0.5) is 0 Å². The summed E-state index contributed by atoms with van der Waals surface area (Å²) in [6.07, 6.45) is 2.91. The van der Waals surface area contributed by atoms with Crippen molar-refractivity contribution in [1.29, 1.82) is 0 Å². The second-order valence-corrected chi connectivity index (χ2v) is 4.53. The third-order valence-electron chi connectivity index (χ3n) is 2.82. The second-order valence-electron chi connectivity index (χ2n) is 4.53. The molecule has 1 aromatic heterocycles. The summed E-state index contributed by atoms with van der Waals surface area (Å²) in [6, 6.07) is 6.53. The maximum atomic E-state index is 5.56. The molecule has 2 aromatic rings. The molecule has 1 aromatic carbocycles. The molecule has 90 valence electrons. The lowest BCUT2D eigenvalue weighted by Crippen LogP contribution is -2.02. The van der Waals surface area contributed by atoms with Gasteiger partial charge < -0.3 is 10.3 Å². The average molecular weight is 229 g/mol. The van der Waals surface area contributed by atoms with Crippen LogP contribution < -0.4 is 5.73 Å². The fourth-order valence-corrected chi connectivity index (χ4v) is 2.15. The fraction of sp³-hybridized carbons (Fsp3) is 0.357. The Balaban J connectivity index is 2.44. The molecule has 0 aliphatic rings. The SMILES string of the molecule is Cc1cc(C)cc(-n2cc(CCN)nc2C)c1. The summed E-state index contributed by atoms with van der Waals surface area (Å²) >= 11 is 0. The molecule has 0 bridgehead atoms. The highest BCUT2D eigenvalue weighted by Crippen LogP contribution is 2.16. The van der Waals surface area contributed by atoms with Gasteiger partial charge in [-0.25, -0.2) is 4.98 Å². The van der Waals surface area contributed by atoms with E-state index in [1.165, 1.54) is 16.8 Å². The van der Waals surface area contributed by atoms with Crippen LogP contribution in [0.3, 0.4) is 0 Å². The molecule has 0 unspecified atom stereocenters. The van der Waals surface area contributed by atoms with Crippen LogP contribution in [0.2, 0.25) is 0 Å². The minimum absolute atomic E-state index is 0.642. The predicted molar refractivity (Wildman–Crippen MR) is 70.5 cm³/mol. The number of rotatable bonds is 3. The molecule has 0 atom stereocenters. The number of benzene rings is 1. The number of nitrogens with zero attached hydrogens (tertiary/aromatic N) is 2. The lowest BCUT2D eigenvalue weighted by molar-refractivity contribution is 0.928. The van der Waals surface area contributed by atoms with E-state index >= 15 is 0 Å². The van der Waals surface area contributed by atoms with Crippen molar-refractivity contribution in [2.45, 2.75) is 27.2 Å². The van der Waals surface area contributed by atoms with Crippen LogP contribution in [0, 0.1) is 20.8 Å². The maximum absolute atomic E-state index is 5.56. The smallest absolute Gasteiger partial charge is 0.110 e. The monoisotopic (exact) mass is 229 g/mol. The molecule has 0 amide bonds. The van der Waals surface area contributed by atoms with E-state index in [2.05, 4.69) is 47.8 Å². The van der Waals surface area contributed by atoms with Crippen molar-refractivity contribution in [2.75, 3.05) is 6.54 Å². The number of aromatic nitrogens is 2. The van der Waals surface area contributed by atoms with Crippen LogP contribution in [0.1, 0.15) is 22.6 Å². The Morgan fingerprint density at radius 2 is 1.76 bits per heavy atom. The van der Waals surface area contributed by atoms with E-state index in [0.717, 1.165) is 17.9 Å². The molecular weight excluding hydrogens is 210 g/mol. The molecule has 0 fully saturated rings. The highest BCUT2D eigenvalue weighted by molar-refractivity contribution is 5.40. The molecule has 2 N–H and O–H groups in total. The van der Waals surface area contributed by atoms with E-state index in [4.69, 9.17) is 5.73 Å². The lowest BCUT2D eigenvalue weighted by Gasteiger charge is -2.07. The zero-order valence-electron chi connectivity index (χ0n) is 10.7. The summed E-state index contributed by atoms with van der Waals surface area (Å²) in [5, 5.41) is 0. The largest absolute Gasteiger partial charge is 0.330 e. The first-order chi connectivity index (χ1) is 8.10. The quantitative estimate of drug-likeness (QED) is 0.877. The predicted octanol–water partition coefficient (Wildman–Crippen LogP) is 2.30. The topological polar surface area (TPSA) is 43.8 Å². The van der Waals surface area contributed by atoms with Crippen LogP contribution in [0.15, 0.2) is 24.4 Å². The molecule has 17 heavy (non-hydrogen) atoms. The van der Waals surface area contributed by atoms with E-state index in [0.29, 0.717) is 6.54 Å². The Morgan fingerprint density at radius 1 is 1.12 bits per heavy atom. The summed E-state index contributed by atoms with van der Waals surface area (Å²) in [4.78, 5) is 4.52. The van der Waals surface area contributed by atoms with Crippen LogP contribution >= 0.6 is 0 Å². The van der Waals surface area contributed by atoms with Crippen LogP contribution in [0.25, 0.3) is 5.69 Å². The van der Waals surface area contributed by atoms with Gasteiger partial charge in [0.05, 0.1) is 5.69 Å². The van der Waals surface area contributed by atoms with Gasteiger partial charge in [-0.1, -0.05) is 6.07 Å². The van der Waals surface area contributed by atoms with Crippen molar-refractivity contribution < 1.29 is 0 Å². The molecule has 0 aliphatic carbocycles. The summed E-state index contributed by atoms with van der Waals surface area (Å²) < 4.78 is 2.13. The zero-order chi connectivity index (χ0) is 12.4. The van der Waals surface area contributed by atoms with Crippen LogP contribution in [-0.2, 0) is 6.42 Å². The Kier molecular flexibility index (Phi) is 3.29. The molecule has 0 aliphatic heterocycles. The summed E-state index contributed by atoms with van der Waals surface area (Å²) in [6.45, 7) is 6.90. The summed E-state index contributed by atoms with van der Waals surface area (Å²) in [5.41, 5.74) is 10.3. The average Bonchev–Trinajstić information content (AvgIpc) is 2.58. The van der Waals surface area contributed by atoms with Gasteiger partial charge in [-0.3, -0.25) is 0 Å². The standard InChI is InChI=1S/C14H19N3/c1-10-6-11(2)8-14(7-10)17-9-13(4-5-15)16-12(17)3/h6-9H,4-5,15H2,1-3H3. The normalized spacial score (nSPS) is 10.8. The van der Waals surface area contributed by atoms with Crippen molar-refractivity contribution in [2.24, 2.45) is 5.73 Å². The van der Waals surface area contributed by atoms with E-state index in [-0.39, 0.29) is 0 Å². The van der Waals surface area contributed by atoms with E-state index < -0.39 is 0 Å². The Hall–Kier alpha value is -1.61. The zero-order valence-corrected chi connectivity index (χ0v) is 10.7. The van der Waals surface area contributed by atoms with E-state index in [1.807, 2.05) is 6.92 Å². The molecule has 3 nitrogen and oxygen atoms in total.